The first-order valence-corrected chi connectivity index (χ1v) is 14.8. The number of aromatic nitrogens is 2. The van der Waals surface area contributed by atoms with Gasteiger partial charge in [0.25, 0.3) is 5.91 Å². The highest BCUT2D eigenvalue weighted by Gasteiger charge is 2.42. The maximum Gasteiger partial charge on any atom is 0.273 e. The lowest BCUT2D eigenvalue weighted by atomic mass is 9.95. The summed E-state index contributed by atoms with van der Waals surface area (Å²) in [6, 6.07) is 15.8. The number of halogens is 1. The highest BCUT2D eigenvalue weighted by Crippen LogP contribution is 2.46. The van der Waals surface area contributed by atoms with Crippen LogP contribution in [0.5, 0.6) is 28.7 Å². The Hall–Kier alpha value is -4.37. The number of rotatable bonds is 13. The van der Waals surface area contributed by atoms with Gasteiger partial charge in [0.2, 0.25) is 0 Å². The van der Waals surface area contributed by atoms with Crippen molar-refractivity contribution in [3.63, 3.8) is 0 Å². The molecule has 3 aromatic carbocycles. The van der Waals surface area contributed by atoms with Crippen LogP contribution in [0.15, 0.2) is 54.6 Å². The highest BCUT2D eigenvalue weighted by molar-refractivity contribution is 6.31. The van der Waals surface area contributed by atoms with Crippen LogP contribution >= 0.6 is 11.6 Å². The summed E-state index contributed by atoms with van der Waals surface area (Å²) in [7, 11) is 3.19. The second-order valence-electron chi connectivity index (χ2n) is 10.2. The zero-order valence-corrected chi connectivity index (χ0v) is 25.5. The summed E-state index contributed by atoms with van der Waals surface area (Å²) in [5.41, 5.74) is 3.75. The van der Waals surface area contributed by atoms with E-state index in [0.29, 0.717) is 76.7 Å². The van der Waals surface area contributed by atoms with E-state index in [1.807, 2.05) is 48.2 Å². The Bertz CT molecular complexity index is 1600. The fourth-order valence-corrected chi connectivity index (χ4v) is 5.54. The molecule has 2 N–H and O–H groups in total. The van der Waals surface area contributed by atoms with E-state index in [4.69, 9.17) is 30.5 Å². The molecule has 0 saturated heterocycles. The highest BCUT2D eigenvalue weighted by atomic mass is 35.5. The topological polar surface area (TPSA) is 106 Å². The minimum atomic E-state index is -0.515. The van der Waals surface area contributed by atoms with Gasteiger partial charge < -0.3 is 29.0 Å². The first-order chi connectivity index (χ1) is 20.9. The third-order valence-corrected chi connectivity index (χ3v) is 7.74. The van der Waals surface area contributed by atoms with Crippen molar-refractivity contribution in [1.29, 1.82) is 0 Å². The standard InChI is InChI=1S/C33H36ClN3O6/c1-5-7-16-43-26-13-9-21(18-28(26)42-6-2)32-29-30(23-19-22(34)10-11-24(23)38)35-36-31(29)33(39)37(32)15-14-20-8-12-25(40-3)27(17-20)41-4/h8-13,17-19,32,38H,5-7,14-16H2,1-4H3,(H,35,36). The van der Waals surface area contributed by atoms with Crippen LogP contribution in [0, 0.1) is 0 Å². The van der Waals surface area contributed by atoms with Gasteiger partial charge in [0, 0.05) is 22.7 Å². The molecule has 43 heavy (non-hydrogen) atoms. The molecule has 1 atom stereocenters. The van der Waals surface area contributed by atoms with E-state index in [1.54, 1.807) is 26.4 Å². The molecule has 1 aliphatic rings. The Morgan fingerprint density at radius 2 is 1.74 bits per heavy atom. The maximum absolute atomic E-state index is 13.9. The van der Waals surface area contributed by atoms with Gasteiger partial charge in [-0.15, -0.1) is 0 Å². The molecule has 0 bridgehead atoms. The number of nitrogens with one attached hydrogen (secondary N) is 1. The van der Waals surface area contributed by atoms with Gasteiger partial charge in [0.05, 0.1) is 33.5 Å². The Kier molecular flexibility index (Phi) is 9.31. The molecule has 226 valence electrons. The van der Waals surface area contributed by atoms with Crippen molar-refractivity contribution in [2.75, 3.05) is 34.0 Å². The van der Waals surface area contributed by atoms with E-state index in [9.17, 15) is 9.90 Å². The number of nitrogens with zero attached hydrogens (tertiary/aromatic N) is 2. The van der Waals surface area contributed by atoms with Gasteiger partial charge in [-0.25, -0.2) is 0 Å². The molecule has 1 unspecified atom stereocenters. The zero-order valence-electron chi connectivity index (χ0n) is 24.8. The van der Waals surface area contributed by atoms with Crippen LogP contribution in [0.4, 0.5) is 0 Å². The number of carbonyl (C=O) groups excluding carboxylic acids is 1. The number of methoxy groups -OCH3 is 2. The average Bonchev–Trinajstić information content (AvgIpc) is 3.56. The van der Waals surface area contributed by atoms with Crippen molar-refractivity contribution in [2.24, 2.45) is 0 Å². The molecule has 1 aliphatic heterocycles. The summed E-state index contributed by atoms with van der Waals surface area (Å²) >= 11 is 6.31. The normalized spacial score (nSPS) is 14.1. The van der Waals surface area contributed by atoms with Crippen LogP contribution in [0.25, 0.3) is 11.3 Å². The predicted molar refractivity (Wildman–Crippen MR) is 165 cm³/mol. The van der Waals surface area contributed by atoms with E-state index in [2.05, 4.69) is 17.1 Å². The van der Waals surface area contributed by atoms with Gasteiger partial charge in [-0.3, -0.25) is 9.89 Å². The van der Waals surface area contributed by atoms with Crippen LogP contribution in [0.2, 0.25) is 5.02 Å². The molecule has 10 heteroatoms. The molecule has 2 heterocycles. The number of carbonyl (C=O) groups is 1. The van der Waals surface area contributed by atoms with E-state index < -0.39 is 6.04 Å². The van der Waals surface area contributed by atoms with Gasteiger partial charge in [-0.2, -0.15) is 5.10 Å². The minimum Gasteiger partial charge on any atom is -0.507 e. The zero-order chi connectivity index (χ0) is 30.5. The fourth-order valence-electron chi connectivity index (χ4n) is 5.37. The maximum atomic E-state index is 13.9. The number of amides is 1. The Balaban J connectivity index is 1.57. The number of phenolic OH excluding ortho intramolecular Hbond substituents is 1. The number of fused-ring (bicyclic) bond motifs is 1. The van der Waals surface area contributed by atoms with Crippen molar-refractivity contribution in [1.82, 2.24) is 15.1 Å². The molecule has 5 rings (SSSR count). The Labute approximate surface area is 256 Å². The summed E-state index contributed by atoms with van der Waals surface area (Å²) in [5.74, 6) is 2.34. The number of phenols is 1. The van der Waals surface area contributed by atoms with Crippen molar-refractivity contribution >= 4 is 17.5 Å². The predicted octanol–water partition coefficient (Wildman–Crippen LogP) is 6.82. The van der Waals surface area contributed by atoms with Crippen molar-refractivity contribution in [2.45, 2.75) is 39.2 Å². The monoisotopic (exact) mass is 605 g/mol. The smallest absolute Gasteiger partial charge is 0.273 e. The minimum absolute atomic E-state index is 0.0170. The molecular formula is C33H36ClN3O6. The molecule has 0 saturated carbocycles. The quantitative estimate of drug-likeness (QED) is 0.161. The first-order valence-electron chi connectivity index (χ1n) is 14.4. The second kappa shape index (κ2) is 13.3. The van der Waals surface area contributed by atoms with Crippen molar-refractivity contribution in [3.8, 4) is 40.0 Å². The molecule has 4 aromatic rings. The Morgan fingerprint density at radius 1 is 0.953 bits per heavy atom. The van der Waals surface area contributed by atoms with Crippen molar-refractivity contribution in [3.05, 3.63) is 82.0 Å². The number of aromatic hydroxyl groups is 1. The summed E-state index contributed by atoms with van der Waals surface area (Å²) in [4.78, 5) is 15.8. The fraction of sp³-hybridized carbons (Fsp3) is 0.333. The largest absolute Gasteiger partial charge is 0.507 e. The van der Waals surface area contributed by atoms with Gasteiger partial charge in [0.15, 0.2) is 23.0 Å². The first kappa shape index (κ1) is 30.1. The molecule has 0 fully saturated rings. The summed E-state index contributed by atoms with van der Waals surface area (Å²) in [5, 5.41) is 18.6. The molecular weight excluding hydrogens is 570 g/mol. The molecule has 9 nitrogen and oxygen atoms in total. The molecule has 1 amide bonds. The van der Waals surface area contributed by atoms with Crippen LogP contribution in [0.1, 0.15) is 59.9 Å². The molecule has 1 aromatic heterocycles. The average molecular weight is 606 g/mol. The van der Waals surface area contributed by atoms with Gasteiger partial charge in [-0.05, 0) is 73.4 Å². The number of unbranched alkanes of at least 4 members (excludes halogenated alkanes) is 1. The van der Waals surface area contributed by atoms with Crippen LogP contribution in [-0.4, -0.2) is 60.1 Å². The van der Waals surface area contributed by atoms with Gasteiger partial charge in [0.1, 0.15) is 17.1 Å². The third-order valence-electron chi connectivity index (χ3n) is 7.51. The lowest BCUT2D eigenvalue weighted by Crippen LogP contribution is -2.31. The number of ether oxygens (including phenoxy) is 4. The SMILES string of the molecule is CCCCOc1ccc(C2c3c(-c4cc(Cl)ccc4O)n[nH]c3C(=O)N2CCc2ccc(OC)c(OC)c2)cc1OCC. The number of benzene rings is 3. The summed E-state index contributed by atoms with van der Waals surface area (Å²) < 4.78 is 22.9. The van der Waals surface area contributed by atoms with E-state index in [0.717, 1.165) is 24.0 Å². The molecule has 0 aliphatic carbocycles. The lowest BCUT2D eigenvalue weighted by molar-refractivity contribution is 0.0745. The number of hydrogen-bond donors (Lipinski definition) is 2. The van der Waals surface area contributed by atoms with Gasteiger partial charge in [-0.1, -0.05) is 37.1 Å². The Morgan fingerprint density at radius 3 is 2.49 bits per heavy atom. The summed E-state index contributed by atoms with van der Waals surface area (Å²) in [6.45, 7) is 5.48. The molecule has 0 spiro atoms. The molecule has 0 radical (unpaired) electrons. The second-order valence-corrected chi connectivity index (χ2v) is 10.6. The third kappa shape index (κ3) is 6.08. The van der Waals surface area contributed by atoms with E-state index >= 15 is 0 Å². The van der Waals surface area contributed by atoms with Crippen molar-refractivity contribution < 1.29 is 28.8 Å². The van der Waals surface area contributed by atoms with E-state index in [-0.39, 0.29) is 11.7 Å². The number of aromatic amines is 1. The van der Waals surface area contributed by atoms with Crippen LogP contribution in [-0.2, 0) is 6.42 Å². The van der Waals surface area contributed by atoms with Crippen LogP contribution < -0.4 is 18.9 Å². The van der Waals surface area contributed by atoms with Gasteiger partial charge >= 0.3 is 0 Å². The van der Waals surface area contributed by atoms with Crippen LogP contribution in [0.3, 0.4) is 0 Å². The lowest BCUT2D eigenvalue weighted by Gasteiger charge is -2.27. The van der Waals surface area contributed by atoms with E-state index in [1.165, 1.54) is 6.07 Å². The number of hydrogen-bond acceptors (Lipinski definition) is 7. The summed E-state index contributed by atoms with van der Waals surface area (Å²) in [6.07, 6.45) is 2.51. The number of H-pyrrole nitrogens is 1.